The Hall–Kier alpha value is -2.25. The fraction of sp³-hybridized carbons (Fsp3) is 0.471. The largest absolute Gasteiger partial charge is 0.432 e. The molecule has 3 aromatic rings. The second kappa shape index (κ2) is 5.39. The Balaban J connectivity index is 1.84. The number of hydrogen-bond donors (Lipinski definition) is 2. The number of aliphatic hydroxyl groups is 1. The molecular weight excluding hydrogens is 308 g/mol. The van der Waals surface area contributed by atoms with Crippen molar-refractivity contribution >= 4 is 28.0 Å². The van der Waals surface area contributed by atoms with Gasteiger partial charge in [-0.25, -0.2) is 15.0 Å². The molecule has 1 unspecified atom stereocenters. The third-order valence-corrected chi connectivity index (χ3v) is 4.19. The number of aliphatic hydroxyl groups excluding tert-OH is 1. The second-order valence-electron chi connectivity index (χ2n) is 6.90. The molecule has 2 N–H and O–H groups in total. The summed E-state index contributed by atoms with van der Waals surface area (Å²) in [5, 5.41) is 13.4. The van der Waals surface area contributed by atoms with Crippen LogP contribution in [0.25, 0.3) is 22.2 Å². The van der Waals surface area contributed by atoms with Gasteiger partial charge in [0.05, 0.1) is 29.4 Å². The van der Waals surface area contributed by atoms with Gasteiger partial charge in [0.2, 0.25) is 5.71 Å². The van der Waals surface area contributed by atoms with Gasteiger partial charge in [0, 0.05) is 18.5 Å². The topological polar surface area (TPSA) is 93.3 Å². The highest BCUT2D eigenvalue weighted by atomic mass is 16.5. The van der Waals surface area contributed by atoms with E-state index in [0.717, 1.165) is 23.1 Å². The van der Waals surface area contributed by atoms with Gasteiger partial charge in [0.25, 0.3) is 0 Å². The van der Waals surface area contributed by atoms with Crippen LogP contribution in [0.2, 0.25) is 0 Å². The lowest BCUT2D eigenvalue weighted by Crippen LogP contribution is -2.32. The maximum atomic E-state index is 9.46. The highest BCUT2D eigenvalue weighted by Crippen LogP contribution is 2.34. The van der Waals surface area contributed by atoms with E-state index < -0.39 is 6.10 Å². The van der Waals surface area contributed by atoms with Gasteiger partial charge >= 0.3 is 0 Å². The van der Waals surface area contributed by atoms with Crippen LogP contribution in [0.3, 0.4) is 0 Å². The average Bonchev–Trinajstić information content (AvgIpc) is 2.88. The first-order chi connectivity index (χ1) is 11.4. The Morgan fingerprint density at radius 1 is 1.38 bits per heavy atom. The summed E-state index contributed by atoms with van der Waals surface area (Å²) in [6.07, 6.45) is 1.75. The minimum Gasteiger partial charge on any atom is -0.432 e. The molecule has 0 spiro atoms. The summed E-state index contributed by atoms with van der Waals surface area (Å²) in [5.41, 5.74) is 3.69. The number of ether oxygens (including phenoxy) is 1. The van der Waals surface area contributed by atoms with Crippen LogP contribution in [0.4, 0.5) is 5.82 Å². The first-order valence-corrected chi connectivity index (χ1v) is 8.05. The first-order valence-electron chi connectivity index (χ1n) is 8.05. The van der Waals surface area contributed by atoms with Gasteiger partial charge in [0.1, 0.15) is 11.8 Å². The fourth-order valence-corrected chi connectivity index (χ4v) is 2.96. The van der Waals surface area contributed by atoms with Crippen LogP contribution in [-0.2, 0) is 17.8 Å². The van der Waals surface area contributed by atoms with E-state index in [0.29, 0.717) is 35.8 Å². The number of rotatable bonds is 3. The maximum Gasteiger partial charge on any atom is 0.229 e. The standard InChI is InChI=1S/C17H20N4O3/c1-9(22)6-18-15-14-13(19-8-20-15)11-4-10-7-23-17(2,3)5-12(10)21-16(11)24-14/h4,8-9,22H,5-7H2,1-3H3,(H,18,19,20). The normalized spacial score (nSPS) is 17.8. The minimum atomic E-state index is -0.482. The number of nitrogens with zero attached hydrogens (tertiary/aromatic N) is 3. The second-order valence-corrected chi connectivity index (χ2v) is 6.90. The van der Waals surface area contributed by atoms with E-state index in [1.54, 1.807) is 6.92 Å². The number of fused-ring (bicyclic) bond motifs is 4. The molecule has 3 aromatic heterocycles. The van der Waals surface area contributed by atoms with E-state index >= 15 is 0 Å². The average molecular weight is 328 g/mol. The van der Waals surface area contributed by atoms with Crippen molar-refractivity contribution in [3.05, 3.63) is 23.7 Å². The van der Waals surface area contributed by atoms with E-state index in [1.165, 1.54) is 6.33 Å². The van der Waals surface area contributed by atoms with Crippen LogP contribution < -0.4 is 5.32 Å². The van der Waals surface area contributed by atoms with Crippen molar-refractivity contribution < 1.29 is 14.3 Å². The van der Waals surface area contributed by atoms with Crippen molar-refractivity contribution in [1.82, 2.24) is 15.0 Å². The highest BCUT2D eigenvalue weighted by Gasteiger charge is 2.28. The quantitative estimate of drug-likeness (QED) is 0.762. The smallest absolute Gasteiger partial charge is 0.229 e. The minimum absolute atomic E-state index is 0.219. The number of nitrogens with one attached hydrogen (secondary N) is 1. The Morgan fingerprint density at radius 3 is 3.00 bits per heavy atom. The van der Waals surface area contributed by atoms with Gasteiger partial charge in [-0.15, -0.1) is 0 Å². The first kappa shape index (κ1) is 15.3. The van der Waals surface area contributed by atoms with Crippen LogP contribution in [-0.4, -0.2) is 38.3 Å². The highest BCUT2D eigenvalue weighted by molar-refractivity contribution is 6.04. The number of furan rings is 1. The molecule has 1 atom stereocenters. The summed E-state index contributed by atoms with van der Waals surface area (Å²) in [4.78, 5) is 13.3. The van der Waals surface area contributed by atoms with Crippen molar-refractivity contribution in [2.24, 2.45) is 0 Å². The molecule has 0 bridgehead atoms. The molecule has 126 valence electrons. The van der Waals surface area contributed by atoms with Crippen LogP contribution in [0.5, 0.6) is 0 Å². The molecule has 0 amide bonds. The third kappa shape index (κ3) is 2.59. The maximum absolute atomic E-state index is 9.46. The summed E-state index contributed by atoms with van der Waals surface area (Å²) in [5.74, 6) is 0.563. The van der Waals surface area contributed by atoms with Gasteiger partial charge in [0.15, 0.2) is 11.4 Å². The molecule has 4 rings (SSSR count). The Bertz CT molecular complexity index is 917. The lowest BCUT2D eigenvalue weighted by molar-refractivity contribution is -0.0411. The van der Waals surface area contributed by atoms with Gasteiger partial charge in [-0.2, -0.15) is 0 Å². The molecule has 4 heterocycles. The van der Waals surface area contributed by atoms with Crippen LogP contribution in [0, 0.1) is 0 Å². The van der Waals surface area contributed by atoms with Gasteiger partial charge < -0.3 is 19.6 Å². The van der Waals surface area contributed by atoms with E-state index in [1.807, 2.05) is 6.07 Å². The number of hydrogen-bond acceptors (Lipinski definition) is 7. The van der Waals surface area contributed by atoms with Gasteiger partial charge in [-0.3, -0.25) is 0 Å². The summed E-state index contributed by atoms with van der Waals surface area (Å²) in [6.45, 7) is 6.75. The molecule has 0 saturated carbocycles. The molecule has 0 aromatic carbocycles. The number of aromatic nitrogens is 3. The monoisotopic (exact) mass is 328 g/mol. The molecule has 24 heavy (non-hydrogen) atoms. The summed E-state index contributed by atoms with van der Waals surface area (Å²) in [7, 11) is 0. The molecule has 0 aliphatic carbocycles. The number of pyridine rings is 1. The lowest BCUT2D eigenvalue weighted by atomic mass is 9.95. The SMILES string of the molecule is CC(O)CNc1ncnc2c1oc1nc3c(cc12)COC(C)(C)C3. The molecule has 0 radical (unpaired) electrons. The molecule has 7 heteroatoms. The summed E-state index contributed by atoms with van der Waals surface area (Å²) < 4.78 is 11.8. The van der Waals surface area contributed by atoms with Gasteiger partial charge in [-0.05, 0) is 26.8 Å². The molecule has 0 saturated heterocycles. The van der Waals surface area contributed by atoms with Crippen LogP contribution in [0.1, 0.15) is 32.0 Å². The van der Waals surface area contributed by atoms with Crippen molar-refractivity contribution in [3.63, 3.8) is 0 Å². The predicted octanol–water partition coefficient (Wildman–Crippen LogP) is 2.42. The van der Waals surface area contributed by atoms with E-state index in [2.05, 4.69) is 29.1 Å². The Labute approximate surface area is 139 Å². The molecule has 1 aliphatic rings. The van der Waals surface area contributed by atoms with Crippen molar-refractivity contribution in [2.75, 3.05) is 11.9 Å². The molecular formula is C17H20N4O3. The third-order valence-electron chi connectivity index (χ3n) is 4.19. The van der Waals surface area contributed by atoms with Gasteiger partial charge in [-0.1, -0.05) is 0 Å². The fourth-order valence-electron chi connectivity index (χ4n) is 2.96. The van der Waals surface area contributed by atoms with Crippen LogP contribution >= 0.6 is 0 Å². The van der Waals surface area contributed by atoms with Crippen LogP contribution in [0.15, 0.2) is 16.8 Å². The Kier molecular flexibility index (Phi) is 3.43. The summed E-state index contributed by atoms with van der Waals surface area (Å²) in [6, 6.07) is 2.05. The van der Waals surface area contributed by atoms with Crippen molar-refractivity contribution in [3.8, 4) is 0 Å². The zero-order chi connectivity index (χ0) is 16.9. The predicted molar refractivity (Wildman–Crippen MR) is 89.8 cm³/mol. The zero-order valence-corrected chi connectivity index (χ0v) is 14.0. The Morgan fingerprint density at radius 2 is 2.21 bits per heavy atom. The lowest BCUT2D eigenvalue weighted by Gasteiger charge is -2.30. The van der Waals surface area contributed by atoms with E-state index in [4.69, 9.17) is 14.1 Å². The van der Waals surface area contributed by atoms with Crippen molar-refractivity contribution in [2.45, 2.75) is 45.5 Å². The van der Waals surface area contributed by atoms with E-state index in [9.17, 15) is 5.11 Å². The van der Waals surface area contributed by atoms with E-state index in [-0.39, 0.29) is 5.60 Å². The number of anilines is 1. The molecule has 7 nitrogen and oxygen atoms in total. The zero-order valence-electron chi connectivity index (χ0n) is 14.0. The van der Waals surface area contributed by atoms with Crippen molar-refractivity contribution in [1.29, 1.82) is 0 Å². The molecule has 1 aliphatic heterocycles. The molecule has 0 fully saturated rings. The summed E-state index contributed by atoms with van der Waals surface area (Å²) >= 11 is 0.